The average Bonchev–Trinajstić information content (AvgIpc) is 3.18. The van der Waals surface area contributed by atoms with Gasteiger partial charge in [0.1, 0.15) is 10.8 Å². The second kappa shape index (κ2) is 5.18. The van der Waals surface area contributed by atoms with Crippen LogP contribution in [0.25, 0.3) is 0 Å². The molecule has 0 aliphatic heterocycles. The Balaban J connectivity index is 2.07. The van der Waals surface area contributed by atoms with Gasteiger partial charge in [0.2, 0.25) is 0 Å². The van der Waals surface area contributed by atoms with E-state index in [1.54, 1.807) is 30.3 Å². The lowest BCUT2D eigenvalue weighted by Gasteiger charge is -2.06. The van der Waals surface area contributed by atoms with Crippen LogP contribution in [0.4, 0.5) is 0 Å². The van der Waals surface area contributed by atoms with Gasteiger partial charge in [0.25, 0.3) is 0 Å². The van der Waals surface area contributed by atoms with E-state index >= 15 is 0 Å². The van der Waals surface area contributed by atoms with Gasteiger partial charge in [-0.05, 0) is 24.6 Å². The molecule has 1 aliphatic carbocycles. The highest BCUT2D eigenvalue weighted by atomic mass is 32.2. The summed E-state index contributed by atoms with van der Waals surface area (Å²) in [7, 11) is -3.83. The highest BCUT2D eigenvalue weighted by molar-refractivity contribution is 7.92. The van der Waals surface area contributed by atoms with Crippen molar-refractivity contribution in [3.05, 3.63) is 65.7 Å². The van der Waals surface area contributed by atoms with Crippen molar-refractivity contribution in [3.8, 4) is 0 Å². The molecule has 1 aliphatic rings. The van der Waals surface area contributed by atoms with Crippen LogP contribution in [0.3, 0.4) is 0 Å². The Morgan fingerprint density at radius 2 is 1.65 bits per heavy atom. The third-order valence-electron chi connectivity index (χ3n) is 4.39. The molecule has 0 saturated heterocycles. The quantitative estimate of drug-likeness (QED) is 0.889. The zero-order chi connectivity index (χ0) is 16.8. The molecule has 3 rings (SSSR count). The third kappa shape index (κ3) is 2.34. The maximum Gasteiger partial charge on any atom is 0.325 e. The van der Waals surface area contributed by atoms with E-state index in [-0.39, 0.29) is 4.90 Å². The number of nitrogens with two attached hydrogens (primary N) is 1. The van der Waals surface area contributed by atoms with Crippen LogP contribution in [0, 0.1) is 6.92 Å². The maximum absolute atomic E-state index is 12.8. The summed E-state index contributed by atoms with van der Waals surface area (Å²) in [5.41, 5.74) is 5.83. The van der Waals surface area contributed by atoms with Crippen LogP contribution in [0.5, 0.6) is 0 Å². The second-order valence-corrected chi connectivity index (χ2v) is 7.97. The number of rotatable bonds is 4. The molecule has 0 aromatic heterocycles. The van der Waals surface area contributed by atoms with Crippen molar-refractivity contribution >= 4 is 15.8 Å². The van der Waals surface area contributed by atoms with Gasteiger partial charge in [0, 0.05) is 5.92 Å². The minimum Gasteiger partial charge on any atom is -0.480 e. The molecule has 2 aromatic carbocycles. The fourth-order valence-corrected chi connectivity index (χ4v) is 5.30. The van der Waals surface area contributed by atoms with E-state index in [0.717, 1.165) is 5.56 Å². The van der Waals surface area contributed by atoms with Gasteiger partial charge in [-0.2, -0.15) is 0 Å². The monoisotopic (exact) mass is 331 g/mol. The van der Waals surface area contributed by atoms with Gasteiger partial charge in [0.05, 0.1) is 4.90 Å². The Hall–Kier alpha value is -2.18. The van der Waals surface area contributed by atoms with E-state index in [1.165, 1.54) is 12.1 Å². The Bertz CT molecular complexity index is 846. The molecule has 2 aromatic rings. The van der Waals surface area contributed by atoms with Gasteiger partial charge in [-0.25, -0.2) is 8.42 Å². The molecular formula is C17H17NO4S. The van der Waals surface area contributed by atoms with Crippen LogP contribution in [0.1, 0.15) is 17.0 Å². The van der Waals surface area contributed by atoms with Crippen molar-refractivity contribution in [3.63, 3.8) is 0 Å². The first-order chi connectivity index (χ1) is 10.8. The maximum atomic E-state index is 12.8. The molecule has 5 nitrogen and oxygen atoms in total. The van der Waals surface area contributed by atoms with E-state index in [0.29, 0.717) is 5.56 Å². The number of sulfone groups is 1. The van der Waals surface area contributed by atoms with E-state index in [9.17, 15) is 18.3 Å². The van der Waals surface area contributed by atoms with E-state index in [2.05, 4.69) is 0 Å². The SMILES string of the molecule is Cc1ccc([C@H]2[C@H](S(=O)(=O)c3ccccc3)[C@@]2(N)C(=O)O)cc1. The molecule has 3 atom stereocenters. The first-order valence-corrected chi connectivity index (χ1v) is 8.72. The summed E-state index contributed by atoms with van der Waals surface area (Å²) in [6.07, 6.45) is 0. The van der Waals surface area contributed by atoms with Crippen molar-refractivity contribution in [1.29, 1.82) is 0 Å². The van der Waals surface area contributed by atoms with Crippen LogP contribution in [-0.2, 0) is 14.6 Å². The van der Waals surface area contributed by atoms with Crippen LogP contribution in [-0.4, -0.2) is 30.3 Å². The van der Waals surface area contributed by atoms with Crippen molar-refractivity contribution < 1.29 is 18.3 Å². The Morgan fingerprint density at radius 1 is 1.09 bits per heavy atom. The summed E-state index contributed by atoms with van der Waals surface area (Å²) in [4.78, 5) is 11.7. The molecule has 0 heterocycles. The Labute approximate surface area is 134 Å². The number of hydrogen-bond donors (Lipinski definition) is 2. The fraction of sp³-hybridized carbons (Fsp3) is 0.235. The van der Waals surface area contributed by atoms with E-state index < -0.39 is 32.5 Å². The summed E-state index contributed by atoms with van der Waals surface area (Å²) < 4.78 is 25.6. The number of aryl methyl sites for hydroxylation is 1. The summed E-state index contributed by atoms with van der Waals surface area (Å²) in [6, 6.07) is 15.0. The first kappa shape index (κ1) is 15.7. The topological polar surface area (TPSA) is 97.5 Å². The molecule has 3 N–H and O–H groups in total. The normalized spacial score (nSPS) is 26.7. The highest BCUT2D eigenvalue weighted by Crippen LogP contribution is 2.55. The first-order valence-electron chi connectivity index (χ1n) is 7.17. The molecular weight excluding hydrogens is 314 g/mol. The summed E-state index contributed by atoms with van der Waals surface area (Å²) >= 11 is 0. The molecule has 1 fully saturated rings. The molecule has 0 unspecified atom stereocenters. The zero-order valence-corrected chi connectivity index (χ0v) is 13.3. The third-order valence-corrected chi connectivity index (χ3v) is 6.65. The van der Waals surface area contributed by atoms with Crippen molar-refractivity contribution in [2.75, 3.05) is 0 Å². The number of aliphatic carboxylic acids is 1. The summed E-state index contributed by atoms with van der Waals surface area (Å²) in [6.45, 7) is 1.90. The van der Waals surface area contributed by atoms with Gasteiger partial charge < -0.3 is 10.8 Å². The minimum absolute atomic E-state index is 0.0932. The van der Waals surface area contributed by atoms with E-state index in [1.807, 2.05) is 19.1 Å². The van der Waals surface area contributed by atoms with Crippen LogP contribution < -0.4 is 5.73 Å². The standard InChI is InChI=1S/C17H17NO4S/c1-11-7-9-12(10-8-11)14-15(17(14,18)16(19)20)23(21,22)13-5-3-2-4-6-13/h2-10,14-15H,18H2,1H3,(H,19,20)/t14-,15-,17+/m0/s1. The summed E-state index contributed by atoms with van der Waals surface area (Å²) in [5.74, 6) is -2.06. The van der Waals surface area contributed by atoms with Crippen LogP contribution >= 0.6 is 0 Å². The summed E-state index contributed by atoms with van der Waals surface area (Å²) in [5, 5.41) is 8.32. The number of benzene rings is 2. The largest absolute Gasteiger partial charge is 0.480 e. The smallest absolute Gasteiger partial charge is 0.325 e. The lowest BCUT2D eigenvalue weighted by molar-refractivity contribution is -0.139. The molecule has 0 spiro atoms. The van der Waals surface area contributed by atoms with Crippen molar-refractivity contribution in [1.82, 2.24) is 0 Å². The van der Waals surface area contributed by atoms with Gasteiger partial charge >= 0.3 is 5.97 Å². The lowest BCUT2D eigenvalue weighted by Crippen LogP contribution is -2.39. The Morgan fingerprint density at radius 3 is 2.17 bits per heavy atom. The van der Waals surface area contributed by atoms with Gasteiger partial charge in [0.15, 0.2) is 9.84 Å². The van der Waals surface area contributed by atoms with Gasteiger partial charge in [-0.3, -0.25) is 4.79 Å². The van der Waals surface area contributed by atoms with Gasteiger partial charge in [-0.1, -0.05) is 48.0 Å². The van der Waals surface area contributed by atoms with Gasteiger partial charge in [-0.15, -0.1) is 0 Å². The zero-order valence-electron chi connectivity index (χ0n) is 12.5. The molecule has 0 amide bonds. The predicted molar refractivity (Wildman–Crippen MR) is 85.9 cm³/mol. The molecule has 6 heteroatoms. The Kier molecular flexibility index (Phi) is 3.54. The average molecular weight is 331 g/mol. The minimum atomic E-state index is -3.83. The number of carboxylic acid groups (broad SMARTS) is 1. The van der Waals surface area contributed by atoms with Crippen molar-refractivity contribution in [2.24, 2.45) is 5.73 Å². The number of carbonyl (C=O) groups is 1. The fourth-order valence-electron chi connectivity index (χ4n) is 3.05. The lowest BCUT2D eigenvalue weighted by atomic mass is 10.1. The molecule has 23 heavy (non-hydrogen) atoms. The van der Waals surface area contributed by atoms with Crippen LogP contribution in [0.2, 0.25) is 0 Å². The molecule has 120 valence electrons. The van der Waals surface area contributed by atoms with Crippen molar-refractivity contribution in [2.45, 2.75) is 28.5 Å². The number of carboxylic acids is 1. The second-order valence-electron chi connectivity index (χ2n) is 5.91. The molecule has 0 radical (unpaired) electrons. The highest BCUT2D eigenvalue weighted by Gasteiger charge is 2.74. The van der Waals surface area contributed by atoms with Crippen LogP contribution in [0.15, 0.2) is 59.5 Å². The van der Waals surface area contributed by atoms with E-state index in [4.69, 9.17) is 5.73 Å². The molecule has 0 bridgehead atoms. The predicted octanol–water partition coefficient (Wildman–Crippen LogP) is 1.72. The number of hydrogen-bond acceptors (Lipinski definition) is 4. The molecule has 1 saturated carbocycles.